The molecule has 1 aromatic heterocycles. The summed E-state index contributed by atoms with van der Waals surface area (Å²) in [7, 11) is 1.98. The van der Waals surface area contributed by atoms with Gasteiger partial charge in [-0.15, -0.1) is 45.9 Å². The Morgan fingerprint density at radius 1 is 1.21 bits per heavy atom. The van der Waals surface area contributed by atoms with E-state index >= 15 is 0 Å². The van der Waals surface area contributed by atoms with Gasteiger partial charge < -0.3 is 15.2 Å². The molecule has 0 unspecified atom stereocenters. The molecule has 3 rings (SSSR count). The molecule has 0 aliphatic heterocycles. The average Bonchev–Trinajstić information content (AvgIpc) is 3.40. The van der Waals surface area contributed by atoms with Gasteiger partial charge in [-0.05, 0) is 50.3 Å². The number of halogens is 1. The van der Waals surface area contributed by atoms with Crippen molar-refractivity contribution in [2.45, 2.75) is 42.4 Å². The zero-order chi connectivity index (χ0) is 19.8. The van der Waals surface area contributed by atoms with E-state index in [-0.39, 0.29) is 28.7 Å². The molecule has 2 aromatic rings. The highest BCUT2D eigenvalue weighted by molar-refractivity contribution is 14.0. The molecule has 29 heavy (non-hydrogen) atoms. The van der Waals surface area contributed by atoms with Crippen molar-refractivity contribution < 1.29 is 0 Å². The van der Waals surface area contributed by atoms with Gasteiger partial charge in [-0.25, -0.2) is 4.99 Å². The quantitative estimate of drug-likeness (QED) is 0.204. The van der Waals surface area contributed by atoms with Gasteiger partial charge in [0.25, 0.3) is 0 Å². The first-order valence-electron chi connectivity index (χ1n) is 9.72. The second kappa shape index (κ2) is 12.0. The number of nitrogens with one attached hydrogen (secondary N) is 2. The molecule has 1 heterocycles. The Kier molecular flexibility index (Phi) is 10.1. The molecule has 0 atom stereocenters. The predicted octanol–water partition coefficient (Wildman–Crippen LogP) is 3.85. The molecule has 1 aliphatic carbocycles. The monoisotopic (exact) mass is 546 g/mol. The maximum atomic E-state index is 4.76. The van der Waals surface area contributed by atoms with Crippen LogP contribution in [0, 0.1) is 6.92 Å². The van der Waals surface area contributed by atoms with Crippen LogP contribution in [0.25, 0.3) is 0 Å². The Balaban J connectivity index is 0.00000300. The fourth-order valence-electron chi connectivity index (χ4n) is 2.77. The lowest BCUT2D eigenvalue weighted by Crippen LogP contribution is -2.41. The summed E-state index contributed by atoms with van der Waals surface area (Å²) in [5, 5.41) is 15.4. The van der Waals surface area contributed by atoms with E-state index in [1.807, 2.05) is 42.1 Å². The topological polar surface area (TPSA) is 67.1 Å². The average molecular weight is 547 g/mol. The van der Waals surface area contributed by atoms with Crippen LogP contribution in [0.4, 0.5) is 0 Å². The number of aryl methyl sites for hydroxylation is 1. The molecule has 0 saturated heterocycles. The van der Waals surface area contributed by atoms with Crippen molar-refractivity contribution in [1.82, 2.24) is 25.4 Å². The van der Waals surface area contributed by atoms with Crippen LogP contribution in [-0.2, 0) is 13.6 Å². The third-order valence-corrected chi connectivity index (χ3v) is 7.03. The van der Waals surface area contributed by atoms with Crippen molar-refractivity contribution in [3.05, 3.63) is 42.0 Å². The lowest BCUT2D eigenvalue weighted by Gasteiger charge is -2.18. The van der Waals surface area contributed by atoms with Crippen LogP contribution in [0.2, 0.25) is 0 Å². The Bertz CT molecular complexity index is 777. The van der Waals surface area contributed by atoms with E-state index in [2.05, 4.69) is 57.4 Å². The van der Waals surface area contributed by atoms with Crippen LogP contribution in [0.3, 0.4) is 0 Å². The lowest BCUT2D eigenvalue weighted by atomic mass is 10.4. The SMILES string of the molecule is CSCCCNC(=NCc1nnc(C)n1C)NCC1(Sc2ccccc2)CC1.I. The lowest BCUT2D eigenvalue weighted by molar-refractivity contribution is 0.731. The largest absolute Gasteiger partial charge is 0.356 e. The van der Waals surface area contributed by atoms with Gasteiger partial charge in [0.1, 0.15) is 12.4 Å². The molecule has 160 valence electrons. The van der Waals surface area contributed by atoms with Crippen LogP contribution in [-0.4, -0.2) is 50.6 Å². The van der Waals surface area contributed by atoms with E-state index in [0.717, 1.165) is 42.9 Å². The molecule has 1 fully saturated rings. The van der Waals surface area contributed by atoms with Crippen LogP contribution in [0.15, 0.2) is 40.2 Å². The summed E-state index contributed by atoms with van der Waals surface area (Å²) in [4.78, 5) is 6.09. The normalized spacial score (nSPS) is 14.9. The van der Waals surface area contributed by atoms with E-state index in [9.17, 15) is 0 Å². The molecule has 0 radical (unpaired) electrons. The van der Waals surface area contributed by atoms with Crippen LogP contribution >= 0.6 is 47.5 Å². The number of benzene rings is 1. The molecule has 0 amide bonds. The van der Waals surface area contributed by atoms with Gasteiger partial charge in [0.15, 0.2) is 11.8 Å². The zero-order valence-corrected chi connectivity index (χ0v) is 21.3. The molecular weight excluding hydrogens is 515 g/mol. The van der Waals surface area contributed by atoms with Crippen LogP contribution in [0.5, 0.6) is 0 Å². The molecule has 1 saturated carbocycles. The first-order valence-corrected chi connectivity index (χ1v) is 11.9. The van der Waals surface area contributed by atoms with E-state index in [4.69, 9.17) is 4.99 Å². The van der Waals surface area contributed by atoms with Crippen molar-refractivity contribution in [2.24, 2.45) is 12.0 Å². The van der Waals surface area contributed by atoms with Gasteiger partial charge in [0.2, 0.25) is 0 Å². The number of hydrogen-bond donors (Lipinski definition) is 2. The fraction of sp³-hybridized carbons (Fsp3) is 0.550. The summed E-state index contributed by atoms with van der Waals surface area (Å²) >= 11 is 3.85. The number of nitrogens with zero attached hydrogens (tertiary/aromatic N) is 4. The fourth-order valence-corrected chi connectivity index (χ4v) is 4.45. The number of hydrogen-bond acceptors (Lipinski definition) is 5. The van der Waals surface area contributed by atoms with E-state index in [1.165, 1.54) is 17.7 Å². The predicted molar refractivity (Wildman–Crippen MR) is 136 cm³/mol. The number of thioether (sulfide) groups is 2. The van der Waals surface area contributed by atoms with Crippen molar-refractivity contribution in [1.29, 1.82) is 0 Å². The molecule has 9 heteroatoms. The van der Waals surface area contributed by atoms with Gasteiger partial charge in [0.05, 0.1) is 0 Å². The minimum atomic E-state index is 0. The van der Waals surface area contributed by atoms with Crippen molar-refractivity contribution in [3.63, 3.8) is 0 Å². The summed E-state index contributed by atoms with van der Waals surface area (Å²) in [5.41, 5.74) is 0. The minimum Gasteiger partial charge on any atom is -0.356 e. The Hall–Kier alpha value is -0.940. The molecular formula is C20H31IN6S2. The summed E-state index contributed by atoms with van der Waals surface area (Å²) in [6, 6.07) is 10.7. The highest BCUT2D eigenvalue weighted by Gasteiger charge is 2.43. The summed E-state index contributed by atoms with van der Waals surface area (Å²) < 4.78 is 2.27. The molecule has 1 aliphatic rings. The molecule has 6 nitrogen and oxygen atoms in total. The summed E-state index contributed by atoms with van der Waals surface area (Å²) in [5.74, 6) is 3.80. The van der Waals surface area contributed by atoms with Crippen molar-refractivity contribution >= 4 is 53.5 Å². The second-order valence-corrected chi connectivity index (χ2v) is 9.64. The van der Waals surface area contributed by atoms with E-state index < -0.39 is 0 Å². The molecule has 0 bridgehead atoms. The Morgan fingerprint density at radius 3 is 2.59 bits per heavy atom. The molecule has 2 N–H and O–H groups in total. The van der Waals surface area contributed by atoms with Gasteiger partial charge in [-0.1, -0.05) is 18.2 Å². The first kappa shape index (κ1) is 24.3. The van der Waals surface area contributed by atoms with Crippen molar-refractivity contribution in [3.8, 4) is 0 Å². The minimum absolute atomic E-state index is 0. The molecule has 1 aromatic carbocycles. The first-order chi connectivity index (χ1) is 13.6. The zero-order valence-electron chi connectivity index (χ0n) is 17.4. The smallest absolute Gasteiger partial charge is 0.191 e. The standard InChI is InChI=1S/C20H30N6S2.HI/c1-16-24-25-18(26(16)2)14-22-19(21-12-7-13-27-3)23-15-20(10-11-20)28-17-8-5-4-6-9-17;/h4-6,8-9H,7,10-15H2,1-3H3,(H2,21,22,23);1H. The van der Waals surface area contributed by atoms with E-state index in [1.54, 1.807) is 0 Å². The highest BCUT2D eigenvalue weighted by Crippen LogP contribution is 2.51. The maximum absolute atomic E-state index is 4.76. The number of aromatic nitrogens is 3. The third kappa shape index (κ3) is 7.67. The van der Waals surface area contributed by atoms with E-state index in [0.29, 0.717) is 6.54 Å². The molecule has 0 spiro atoms. The number of rotatable bonds is 10. The third-order valence-electron chi connectivity index (χ3n) is 4.84. The summed E-state index contributed by atoms with van der Waals surface area (Å²) in [6.07, 6.45) is 5.74. The van der Waals surface area contributed by atoms with Gasteiger partial charge in [-0.2, -0.15) is 11.8 Å². The number of guanidine groups is 1. The number of aliphatic imine (C=N–C) groups is 1. The van der Waals surface area contributed by atoms with Gasteiger partial charge in [0, 0.05) is 29.8 Å². The van der Waals surface area contributed by atoms with Crippen LogP contribution in [0.1, 0.15) is 30.9 Å². The second-order valence-electron chi connectivity index (χ2n) is 7.11. The highest BCUT2D eigenvalue weighted by atomic mass is 127. The maximum Gasteiger partial charge on any atom is 0.191 e. The van der Waals surface area contributed by atoms with Gasteiger partial charge in [-0.3, -0.25) is 0 Å². The summed E-state index contributed by atoms with van der Waals surface area (Å²) in [6.45, 7) is 4.31. The van der Waals surface area contributed by atoms with Crippen LogP contribution < -0.4 is 10.6 Å². The Labute approximate surface area is 199 Å². The Morgan fingerprint density at radius 2 is 1.97 bits per heavy atom. The van der Waals surface area contributed by atoms with Crippen molar-refractivity contribution in [2.75, 3.05) is 25.1 Å². The van der Waals surface area contributed by atoms with Gasteiger partial charge >= 0.3 is 0 Å².